The third-order valence-corrected chi connectivity index (χ3v) is 3.72. The monoisotopic (exact) mass is 241 g/mol. The molecule has 4 nitrogen and oxygen atoms in total. The normalized spacial score (nSPS) is 20.0. The van der Waals surface area contributed by atoms with E-state index in [9.17, 15) is 5.11 Å². The standard InChI is InChI=1S/C11H19N3OS/c1-9(15)8-13-10-2-5-14(6-3-10)11-12-4-7-16-11/h4,7,9-10,13,15H,2-3,5-6,8H2,1H3/t9-/m0/s1. The predicted molar refractivity (Wildman–Crippen MR) is 67.0 cm³/mol. The maximum Gasteiger partial charge on any atom is 0.185 e. The van der Waals surface area contributed by atoms with Gasteiger partial charge >= 0.3 is 0 Å². The molecule has 0 aromatic carbocycles. The van der Waals surface area contributed by atoms with Gasteiger partial charge in [0.2, 0.25) is 0 Å². The van der Waals surface area contributed by atoms with E-state index in [1.807, 2.05) is 18.5 Å². The molecule has 0 bridgehead atoms. The van der Waals surface area contributed by atoms with Gasteiger partial charge in [-0.2, -0.15) is 0 Å². The van der Waals surface area contributed by atoms with Crippen molar-refractivity contribution < 1.29 is 5.11 Å². The van der Waals surface area contributed by atoms with E-state index in [0.717, 1.165) is 31.1 Å². The summed E-state index contributed by atoms with van der Waals surface area (Å²) in [5.41, 5.74) is 0. The molecule has 2 heterocycles. The Hall–Kier alpha value is -0.650. The van der Waals surface area contributed by atoms with Crippen molar-refractivity contribution >= 4 is 16.5 Å². The molecular formula is C11H19N3OS. The molecule has 5 heteroatoms. The van der Waals surface area contributed by atoms with Gasteiger partial charge in [-0.1, -0.05) is 0 Å². The lowest BCUT2D eigenvalue weighted by molar-refractivity contribution is 0.183. The third kappa shape index (κ3) is 3.17. The molecule has 1 fully saturated rings. The van der Waals surface area contributed by atoms with Crippen LogP contribution in [0.15, 0.2) is 11.6 Å². The van der Waals surface area contributed by atoms with Gasteiger partial charge in [0.05, 0.1) is 6.10 Å². The number of thiazole rings is 1. The van der Waals surface area contributed by atoms with Gasteiger partial charge in [0.15, 0.2) is 5.13 Å². The van der Waals surface area contributed by atoms with Crippen molar-refractivity contribution in [1.29, 1.82) is 0 Å². The number of hydrogen-bond acceptors (Lipinski definition) is 5. The fourth-order valence-corrected chi connectivity index (χ4v) is 2.68. The van der Waals surface area contributed by atoms with Gasteiger partial charge in [-0.25, -0.2) is 4.98 Å². The zero-order valence-electron chi connectivity index (χ0n) is 9.59. The number of aliphatic hydroxyl groups excluding tert-OH is 1. The topological polar surface area (TPSA) is 48.4 Å². The molecule has 0 radical (unpaired) electrons. The van der Waals surface area contributed by atoms with Crippen LogP contribution in [0.1, 0.15) is 19.8 Å². The number of nitrogens with one attached hydrogen (secondary N) is 1. The number of anilines is 1. The molecule has 2 rings (SSSR count). The zero-order valence-corrected chi connectivity index (χ0v) is 10.4. The molecule has 0 saturated carbocycles. The minimum atomic E-state index is -0.253. The minimum absolute atomic E-state index is 0.253. The van der Waals surface area contributed by atoms with Crippen LogP contribution in [0.3, 0.4) is 0 Å². The molecule has 1 saturated heterocycles. The highest BCUT2D eigenvalue weighted by atomic mass is 32.1. The van der Waals surface area contributed by atoms with Gasteiger partial charge in [0.25, 0.3) is 0 Å². The molecule has 1 aliphatic heterocycles. The maximum atomic E-state index is 9.20. The Morgan fingerprint density at radius 2 is 2.38 bits per heavy atom. The Morgan fingerprint density at radius 1 is 1.62 bits per heavy atom. The van der Waals surface area contributed by atoms with E-state index in [0.29, 0.717) is 12.6 Å². The fraction of sp³-hybridized carbons (Fsp3) is 0.727. The van der Waals surface area contributed by atoms with E-state index in [-0.39, 0.29) is 6.10 Å². The fourth-order valence-electron chi connectivity index (χ4n) is 1.98. The number of rotatable bonds is 4. The number of aromatic nitrogens is 1. The summed E-state index contributed by atoms with van der Waals surface area (Å²) >= 11 is 1.70. The van der Waals surface area contributed by atoms with Crippen LogP contribution in [0.2, 0.25) is 0 Å². The Kier molecular flexibility index (Phi) is 4.15. The van der Waals surface area contributed by atoms with Crippen LogP contribution in [0, 0.1) is 0 Å². The van der Waals surface area contributed by atoms with E-state index >= 15 is 0 Å². The molecule has 0 amide bonds. The highest BCUT2D eigenvalue weighted by molar-refractivity contribution is 7.13. The van der Waals surface area contributed by atoms with Crippen molar-refractivity contribution in [2.75, 3.05) is 24.5 Å². The second kappa shape index (κ2) is 5.61. The summed E-state index contributed by atoms with van der Waals surface area (Å²) in [6.07, 6.45) is 3.87. The van der Waals surface area contributed by atoms with Crippen molar-refractivity contribution in [3.05, 3.63) is 11.6 Å². The largest absolute Gasteiger partial charge is 0.392 e. The van der Waals surface area contributed by atoms with Crippen molar-refractivity contribution in [2.24, 2.45) is 0 Å². The highest BCUT2D eigenvalue weighted by Gasteiger charge is 2.20. The summed E-state index contributed by atoms with van der Waals surface area (Å²) in [6, 6.07) is 0.547. The first-order valence-corrected chi connectivity index (χ1v) is 6.69. The van der Waals surface area contributed by atoms with E-state index < -0.39 is 0 Å². The average Bonchev–Trinajstić information content (AvgIpc) is 2.80. The van der Waals surface area contributed by atoms with Gasteiger partial charge < -0.3 is 15.3 Å². The second-order valence-corrected chi connectivity index (χ2v) is 5.21. The van der Waals surface area contributed by atoms with Crippen molar-refractivity contribution in [3.8, 4) is 0 Å². The van der Waals surface area contributed by atoms with Crippen molar-refractivity contribution in [2.45, 2.75) is 31.9 Å². The van der Waals surface area contributed by atoms with E-state index in [1.165, 1.54) is 0 Å². The highest BCUT2D eigenvalue weighted by Crippen LogP contribution is 2.21. The van der Waals surface area contributed by atoms with E-state index in [1.54, 1.807) is 11.3 Å². The number of hydrogen-bond donors (Lipinski definition) is 2. The molecule has 0 aliphatic carbocycles. The smallest absolute Gasteiger partial charge is 0.185 e. The second-order valence-electron chi connectivity index (χ2n) is 4.33. The number of nitrogens with zero attached hydrogens (tertiary/aromatic N) is 2. The lowest BCUT2D eigenvalue weighted by Crippen LogP contribution is -2.44. The third-order valence-electron chi connectivity index (χ3n) is 2.89. The van der Waals surface area contributed by atoms with Crippen molar-refractivity contribution in [3.63, 3.8) is 0 Å². The summed E-state index contributed by atoms with van der Waals surface area (Å²) in [6.45, 7) is 4.63. The van der Waals surface area contributed by atoms with E-state index in [2.05, 4.69) is 15.2 Å². The first-order valence-electron chi connectivity index (χ1n) is 5.81. The summed E-state index contributed by atoms with van der Waals surface area (Å²) in [5, 5.41) is 15.8. The van der Waals surface area contributed by atoms with Crippen LogP contribution in [-0.2, 0) is 0 Å². The first-order chi connectivity index (χ1) is 7.75. The summed E-state index contributed by atoms with van der Waals surface area (Å²) in [7, 11) is 0. The predicted octanol–water partition coefficient (Wildman–Crippen LogP) is 1.08. The van der Waals surface area contributed by atoms with Crippen LogP contribution in [0.4, 0.5) is 5.13 Å². The lowest BCUT2D eigenvalue weighted by atomic mass is 10.1. The zero-order chi connectivity index (χ0) is 11.4. The van der Waals surface area contributed by atoms with Gasteiger partial charge in [0, 0.05) is 37.3 Å². The summed E-state index contributed by atoms with van der Waals surface area (Å²) in [5.74, 6) is 0. The number of piperidine rings is 1. The van der Waals surface area contributed by atoms with Crippen molar-refractivity contribution in [1.82, 2.24) is 10.3 Å². The van der Waals surface area contributed by atoms with Crippen LogP contribution in [0.25, 0.3) is 0 Å². The van der Waals surface area contributed by atoms with Crippen LogP contribution in [-0.4, -0.2) is 41.9 Å². The summed E-state index contributed by atoms with van der Waals surface area (Å²) < 4.78 is 0. The van der Waals surface area contributed by atoms with Gasteiger partial charge in [-0.3, -0.25) is 0 Å². The number of aliphatic hydroxyl groups is 1. The maximum absolute atomic E-state index is 9.20. The average molecular weight is 241 g/mol. The Balaban J connectivity index is 1.74. The lowest BCUT2D eigenvalue weighted by Gasteiger charge is -2.32. The van der Waals surface area contributed by atoms with Crippen LogP contribution < -0.4 is 10.2 Å². The molecule has 1 aliphatic rings. The SMILES string of the molecule is C[C@H](O)CNC1CCN(c2nccs2)CC1. The molecule has 90 valence electrons. The Labute approximate surface area is 100 Å². The molecule has 2 N–H and O–H groups in total. The first kappa shape index (κ1) is 11.8. The molecule has 0 spiro atoms. The van der Waals surface area contributed by atoms with Crippen LogP contribution in [0.5, 0.6) is 0 Å². The van der Waals surface area contributed by atoms with Crippen LogP contribution >= 0.6 is 11.3 Å². The molecule has 0 unspecified atom stereocenters. The van der Waals surface area contributed by atoms with Gasteiger partial charge in [0.1, 0.15) is 0 Å². The van der Waals surface area contributed by atoms with Gasteiger partial charge in [-0.15, -0.1) is 11.3 Å². The minimum Gasteiger partial charge on any atom is -0.392 e. The molecule has 16 heavy (non-hydrogen) atoms. The Morgan fingerprint density at radius 3 is 2.94 bits per heavy atom. The quantitative estimate of drug-likeness (QED) is 0.828. The molecule has 1 aromatic rings. The Bertz CT molecular complexity index is 294. The summed E-state index contributed by atoms with van der Waals surface area (Å²) in [4.78, 5) is 6.66. The molecule has 1 aromatic heterocycles. The molecular weight excluding hydrogens is 222 g/mol. The van der Waals surface area contributed by atoms with E-state index in [4.69, 9.17) is 0 Å². The van der Waals surface area contributed by atoms with Gasteiger partial charge in [-0.05, 0) is 19.8 Å². The molecule has 1 atom stereocenters.